The van der Waals surface area contributed by atoms with E-state index in [0.29, 0.717) is 23.6 Å². The van der Waals surface area contributed by atoms with Crippen molar-refractivity contribution >= 4 is 16.9 Å². The van der Waals surface area contributed by atoms with Crippen LogP contribution in [0.3, 0.4) is 0 Å². The highest BCUT2D eigenvalue weighted by atomic mass is 19.3. The molecule has 0 aliphatic carbocycles. The van der Waals surface area contributed by atoms with Gasteiger partial charge in [-0.05, 0) is 20.8 Å². The number of pyridine rings is 1. The highest BCUT2D eigenvalue weighted by Crippen LogP contribution is 2.33. The summed E-state index contributed by atoms with van der Waals surface area (Å²) in [5.74, 6) is -0.425. The molecule has 1 atom stereocenters. The first-order chi connectivity index (χ1) is 13.3. The molecule has 2 heterocycles. The van der Waals surface area contributed by atoms with Crippen molar-refractivity contribution in [3.05, 3.63) is 47.0 Å². The summed E-state index contributed by atoms with van der Waals surface area (Å²) in [5.41, 5.74) is -0.300. The van der Waals surface area contributed by atoms with Gasteiger partial charge in [0.2, 0.25) is 0 Å². The van der Waals surface area contributed by atoms with E-state index in [9.17, 15) is 18.3 Å². The first-order valence-corrected chi connectivity index (χ1v) is 8.66. The van der Waals surface area contributed by atoms with Gasteiger partial charge in [0, 0.05) is 11.6 Å². The number of nitrogens with one attached hydrogen (secondary N) is 1. The van der Waals surface area contributed by atoms with E-state index < -0.39 is 23.8 Å². The molecule has 0 unspecified atom stereocenters. The van der Waals surface area contributed by atoms with Crippen molar-refractivity contribution in [3.8, 4) is 11.6 Å². The van der Waals surface area contributed by atoms with Crippen LogP contribution in [-0.4, -0.2) is 26.7 Å². The summed E-state index contributed by atoms with van der Waals surface area (Å²) in [6.07, 6.45) is -2.91. The van der Waals surface area contributed by atoms with E-state index in [-0.39, 0.29) is 22.8 Å². The van der Waals surface area contributed by atoms with Crippen molar-refractivity contribution in [1.82, 2.24) is 15.0 Å². The van der Waals surface area contributed by atoms with Crippen LogP contribution in [0.2, 0.25) is 0 Å². The molecule has 3 aromatic rings. The maximum atomic E-state index is 14.4. The van der Waals surface area contributed by atoms with Crippen molar-refractivity contribution in [1.29, 1.82) is 0 Å². The summed E-state index contributed by atoms with van der Waals surface area (Å²) in [5, 5.41) is 13.5. The minimum Gasteiger partial charge on any atom is -0.503 e. The second-order valence-corrected chi connectivity index (χ2v) is 6.15. The Morgan fingerprint density at radius 3 is 2.57 bits per heavy atom. The summed E-state index contributed by atoms with van der Waals surface area (Å²) in [7, 11) is 0. The van der Waals surface area contributed by atoms with Gasteiger partial charge in [-0.3, -0.25) is 0 Å². The molecule has 0 aliphatic heterocycles. The average Bonchev–Trinajstić information content (AvgIpc) is 2.63. The number of benzene rings is 1. The predicted molar refractivity (Wildman–Crippen MR) is 98.3 cm³/mol. The van der Waals surface area contributed by atoms with Gasteiger partial charge in [-0.1, -0.05) is 18.2 Å². The third kappa shape index (κ3) is 3.78. The molecule has 1 aromatic carbocycles. The van der Waals surface area contributed by atoms with Crippen LogP contribution in [0.15, 0.2) is 24.3 Å². The Hall–Kier alpha value is -3.10. The molecule has 6 nitrogen and oxygen atoms in total. The van der Waals surface area contributed by atoms with Gasteiger partial charge < -0.3 is 15.2 Å². The molecule has 2 aromatic heterocycles. The van der Waals surface area contributed by atoms with Crippen molar-refractivity contribution in [2.24, 2.45) is 0 Å². The van der Waals surface area contributed by atoms with Crippen LogP contribution in [0.1, 0.15) is 43.3 Å². The fourth-order valence-electron chi connectivity index (χ4n) is 2.84. The number of aryl methyl sites for hydroxylation is 1. The van der Waals surface area contributed by atoms with E-state index in [0.717, 1.165) is 6.07 Å². The van der Waals surface area contributed by atoms with Gasteiger partial charge in [-0.15, -0.1) is 0 Å². The molecule has 0 radical (unpaired) electrons. The normalized spacial score (nSPS) is 12.4. The molecule has 2 N–H and O–H groups in total. The van der Waals surface area contributed by atoms with E-state index in [1.807, 2.05) is 0 Å². The lowest BCUT2D eigenvalue weighted by Crippen LogP contribution is -2.12. The number of hydrogen-bond donors (Lipinski definition) is 2. The minimum absolute atomic E-state index is 0.0442. The van der Waals surface area contributed by atoms with E-state index in [2.05, 4.69) is 20.3 Å². The Balaban J connectivity index is 2.02. The Morgan fingerprint density at radius 1 is 1.18 bits per heavy atom. The summed E-state index contributed by atoms with van der Waals surface area (Å²) in [6.45, 7) is 5.35. The third-order valence-corrected chi connectivity index (χ3v) is 4.14. The van der Waals surface area contributed by atoms with Crippen LogP contribution in [0.5, 0.6) is 11.6 Å². The predicted octanol–water partition coefficient (Wildman–Crippen LogP) is 4.69. The van der Waals surface area contributed by atoms with E-state index in [4.69, 9.17) is 4.74 Å². The van der Waals surface area contributed by atoms with Crippen LogP contribution < -0.4 is 10.1 Å². The smallest absolute Gasteiger partial charge is 0.266 e. The third-order valence-electron chi connectivity index (χ3n) is 4.14. The fourth-order valence-corrected chi connectivity index (χ4v) is 2.84. The minimum atomic E-state index is -2.91. The number of aromatic hydroxyl groups is 1. The summed E-state index contributed by atoms with van der Waals surface area (Å²) in [6, 6.07) is 4.58. The van der Waals surface area contributed by atoms with Crippen molar-refractivity contribution in [3.63, 3.8) is 0 Å². The number of nitrogens with zero attached hydrogens (tertiary/aromatic N) is 3. The summed E-state index contributed by atoms with van der Waals surface area (Å²) < 4.78 is 45.7. The molecular weight excluding hydrogens is 373 g/mol. The van der Waals surface area contributed by atoms with Crippen molar-refractivity contribution in [2.45, 2.75) is 33.2 Å². The largest absolute Gasteiger partial charge is 0.503 e. The molecule has 148 valence electrons. The highest BCUT2D eigenvalue weighted by molar-refractivity contribution is 5.88. The lowest BCUT2D eigenvalue weighted by molar-refractivity contribution is 0.146. The van der Waals surface area contributed by atoms with E-state index in [1.165, 1.54) is 18.2 Å². The second kappa shape index (κ2) is 7.87. The lowest BCUT2D eigenvalue weighted by Gasteiger charge is -2.18. The fraction of sp³-hybridized carbons (Fsp3) is 0.316. The molecule has 0 spiro atoms. The molecule has 28 heavy (non-hydrogen) atoms. The number of alkyl halides is 2. The monoisotopic (exact) mass is 392 g/mol. The Labute approximate surface area is 159 Å². The number of fused-ring (bicyclic) bond motifs is 1. The average molecular weight is 392 g/mol. The van der Waals surface area contributed by atoms with Crippen molar-refractivity contribution < 1.29 is 23.0 Å². The molecule has 0 saturated heterocycles. The van der Waals surface area contributed by atoms with Crippen LogP contribution in [-0.2, 0) is 0 Å². The molecule has 3 rings (SSSR count). The van der Waals surface area contributed by atoms with Gasteiger partial charge in [0.25, 0.3) is 12.3 Å². The number of ether oxygens (including phenoxy) is 1. The number of halogens is 3. The van der Waals surface area contributed by atoms with Gasteiger partial charge in [0.05, 0.1) is 23.6 Å². The van der Waals surface area contributed by atoms with Gasteiger partial charge in [0.15, 0.2) is 11.4 Å². The highest BCUT2D eigenvalue weighted by Gasteiger charge is 2.21. The van der Waals surface area contributed by atoms with Crippen LogP contribution in [0, 0.1) is 12.7 Å². The zero-order chi connectivity index (χ0) is 20.4. The van der Waals surface area contributed by atoms with Gasteiger partial charge in [-0.2, -0.15) is 4.98 Å². The topological polar surface area (TPSA) is 80.2 Å². The Morgan fingerprint density at radius 2 is 1.89 bits per heavy atom. The summed E-state index contributed by atoms with van der Waals surface area (Å²) >= 11 is 0. The molecular formula is C19H19F3N4O2. The molecule has 9 heteroatoms. The van der Waals surface area contributed by atoms with Gasteiger partial charge in [-0.25, -0.2) is 23.1 Å². The van der Waals surface area contributed by atoms with Crippen LogP contribution in [0.4, 0.5) is 19.0 Å². The second-order valence-electron chi connectivity index (χ2n) is 6.15. The van der Waals surface area contributed by atoms with Gasteiger partial charge >= 0.3 is 0 Å². The first kappa shape index (κ1) is 19.7. The lowest BCUT2D eigenvalue weighted by atomic mass is 10.0. The van der Waals surface area contributed by atoms with Crippen LogP contribution >= 0.6 is 0 Å². The number of rotatable bonds is 6. The van der Waals surface area contributed by atoms with E-state index >= 15 is 0 Å². The SMILES string of the molecule is CCOc1nc2nc(C)nc(N[C@H](C)c3cccc(C(F)F)c3F)c2cc1O. The molecule has 0 bridgehead atoms. The quantitative estimate of drug-likeness (QED) is 0.634. The molecule has 0 saturated carbocycles. The Kier molecular flexibility index (Phi) is 5.53. The van der Waals surface area contributed by atoms with E-state index in [1.54, 1.807) is 20.8 Å². The van der Waals surface area contributed by atoms with Gasteiger partial charge in [0.1, 0.15) is 17.5 Å². The zero-order valence-corrected chi connectivity index (χ0v) is 15.5. The molecule has 0 aliphatic rings. The number of hydrogen-bond acceptors (Lipinski definition) is 6. The van der Waals surface area contributed by atoms with Crippen molar-refractivity contribution in [2.75, 3.05) is 11.9 Å². The van der Waals surface area contributed by atoms with Crippen LogP contribution in [0.25, 0.3) is 11.0 Å². The maximum Gasteiger partial charge on any atom is 0.266 e. The summed E-state index contributed by atoms with van der Waals surface area (Å²) in [4.78, 5) is 12.7. The maximum absolute atomic E-state index is 14.4. The molecule has 0 amide bonds. The zero-order valence-electron chi connectivity index (χ0n) is 15.5. The number of anilines is 1. The first-order valence-electron chi connectivity index (χ1n) is 8.66. The Bertz CT molecular complexity index is 1010. The number of aromatic nitrogens is 3. The standard InChI is InChI=1S/C19H19F3N4O2/c1-4-28-19-14(27)8-13-17(24-10(3)25-18(13)26-19)23-9(2)11-6-5-7-12(15(11)20)16(21)22/h5-9,16,27H,4H2,1-3H3,(H,23,24,25,26)/t9-/m1/s1. The molecule has 0 fully saturated rings.